The van der Waals surface area contributed by atoms with Crippen LogP contribution < -0.4 is 5.32 Å². The van der Waals surface area contributed by atoms with Crippen molar-refractivity contribution in [3.05, 3.63) is 23.9 Å². The lowest BCUT2D eigenvalue weighted by molar-refractivity contribution is -0.141. The number of nitrogens with one attached hydrogen (secondary N) is 1. The van der Waals surface area contributed by atoms with Gasteiger partial charge in [-0.3, -0.25) is 4.79 Å². The molecule has 0 aromatic carbocycles. The second-order valence-corrected chi connectivity index (χ2v) is 5.14. The van der Waals surface area contributed by atoms with Crippen LogP contribution in [0.3, 0.4) is 0 Å². The average Bonchev–Trinajstić information content (AvgIpc) is 2.46. The largest absolute Gasteiger partial charge is 0.481 e. The Morgan fingerprint density at radius 2 is 2.10 bits per heavy atom. The molecule has 0 aliphatic heterocycles. The molecule has 0 saturated carbocycles. The van der Waals surface area contributed by atoms with Gasteiger partial charge in [0, 0.05) is 12.2 Å². The maximum atomic E-state index is 11.4. The van der Waals surface area contributed by atoms with Crippen LogP contribution in [0.5, 0.6) is 0 Å². The zero-order chi connectivity index (χ0) is 15.8. The van der Waals surface area contributed by atoms with Crippen LogP contribution in [-0.4, -0.2) is 35.2 Å². The maximum absolute atomic E-state index is 11.4. The number of ether oxygens (including phenoxy) is 1. The number of carbonyl (C=O) groups excluding carboxylic acids is 1. The highest BCUT2D eigenvalue weighted by atomic mass is 16.5. The number of carboxylic acids is 1. The van der Waals surface area contributed by atoms with Gasteiger partial charge < -0.3 is 15.2 Å². The van der Waals surface area contributed by atoms with Gasteiger partial charge in [-0.15, -0.1) is 0 Å². The predicted octanol–water partition coefficient (Wildman–Crippen LogP) is 2.56. The van der Waals surface area contributed by atoms with E-state index in [-0.39, 0.29) is 12.0 Å². The standard InChI is InChI=1S/C15H22N2O4/c1-10(14(18)19)5-4-6-11(2)17-13-9-12(7-8-16-13)15(20)21-3/h7-11H,4-6H2,1-3H3,(H,16,17)(H,18,19). The molecular formula is C15H22N2O4. The Hall–Kier alpha value is -2.11. The minimum absolute atomic E-state index is 0.145. The van der Waals surface area contributed by atoms with E-state index in [1.807, 2.05) is 6.92 Å². The zero-order valence-electron chi connectivity index (χ0n) is 12.6. The van der Waals surface area contributed by atoms with Crippen molar-refractivity contribution >= 4 is 17.8 Å². The first-order valence-corrected chi connectivity index (χ1v) is 6.97. The Morgan fingerprint density at radius 3 is 2.71 bits per heavy atom. The lowest BCUT2D eigenvalue weighted by atomic mass is 10.0. The van der Waals surface area contributed by atoms with E-state index in [0.29, 0.717) is 17.8 Å². The number of anilines is 1. The second-order valence-electron chi connectivity index (χ2n) is 5.14. The summed E-state index contributed by atoms with van der Waals surface area (Å²) in [5.74, 6) is -0.874. The third-order valence-corrected chi connectivity index (χ3v) is 3.27. The molecule has 1 heterocycles. The van der Waals surface area contributed by atoms with Crippen molar-refractivity contribution in [3.63, 3.8) is 0 Å². The monoisotopic (exact) mass is 294 g/mol. The molecule has 2 unspecified atom stereocenters. The number of rotatable bonds is 8. The van der Waals surface area contributed by atoms with Crippen molar-refractivity contribution in [1.82, 2.24) is 4.98 Å². The molecule has 1 aromatic heterocycles. The summed E-state index contributed by atoms with van der Waals surface area (Å²) in [4.78, 5) is 26.3. The zero-order valence-corrected chi connectivity index (χ0v) is 12.6. The van der Waals surface area contributed by atoms with Crippen molar-refractivity contribution in [3.8, 4) is 0 Å². The number of carbonyl (C=O) groups is 2. The SMILES string of the molecule is COC(=O)c1ccnc(NC(C)CCCC(C)C(=O)O)c1. The van der Waals surface area contributed by atoms with E-state index in [9.17, 15) is 9.59 Å². The summed E-state index contributed by atoms with van der Waals surface area (Å²) < 4.78 is 4.66. The molecule has 21 heavy (non-hydrogen) atoms. The van der Waals surface area contributed by atoms with Crippen LogP contribution in [0.15, 0.2) is 18.3 Å². The molecule has 6 heteroatoms. The molecule has 116 valence electrons. The summed E-state index contributed by atoms with van der Waals surface area (Å²) in [6, 6.07) is 3.38. The normalized spacial score (nSPS) is 13.3. The first kappa shape index (κ1) is 16.9. The quantitative estimate of drug-likeness (QED) is 0.716. The molecule has 1 rings (SSSR count). The van der Waals surface area contributed by atoms with E-state index in [4.69, 9.17) is 5.11 Å². The molecule has 2 atom stereocenters. The van der Waals surface area contributed by atoms with Crippen LogP contribution in [0.1, 0.15) is 43.5 Å². The number of carboxylic acid groups (broad SMARTS) is 1. The highest BCUT2D eigenvalue weighted by Gasteiger charge is 2.12. The van der Waals surface area contributed by atoms with Gasteiger partial charge in [0.2, 0.25) is 0 Å². The van der Waals surface area contributed by atoms with Crippen LogP contribution >= 0.6 is 0 Å². The van der Waals surface area contributed by atoms with Gasteiger partial charge >= 0.3 is 11.9 Å². The van der Waals surface area contributed by atoms with E-state index >= 15 is 0 Å². The summed E-state index contributed by atoms with van der Waals surface area (Å²) in [7, 11) is 1.34. The van der Waals surface area contributed by atoms with Gasteiger partial charge in [0.15, 0.2) is 0 Å². The molecular weight excluding hydrogens is 272 g/mol. The molecule has 0 radical (unpaired) electrons. The molecule has 0 amide bonds. The molecule has 0 aliphatic rings. The maximum Gasteiger partial charge on any atom is 0.338 e. The molecule has 0 fully saturated rings. The number of esters is 1. The van der Waals surface area contributed by atoms with E-state index in [1.54, 1.807) is 25.3 Å². The molecule has 2 N–H and O–H groups in total. The van der Waals surface area contributed by atoms with Gasteiger partial charge in [-0.1, -0.05) is 13.3 Å². The van der Waals surface area contributed by atoms with Crippen molar-refractivity contribution in [2.75, 3.05) is 12.4 Å². The lowest BCUT2D eigenvalue weighted by Crippen LogP contribution is -2.17. The van der Waals surface area contributed by atoms with Crippen molar-refractivity contribution < 1.29 is 19.4 Å². The van der Waals surface area contributed by atoms with Crippen LogP contribution in [0.25, 0.3) is 0 Å². The molecule has 0 bridgehead atoms. The van der Waals surface area contributed by atoms with Gasteiger partial charge in [-0.2, -0.15) is 0 Å². The predicted molar refractivity (Wildman–Crippen MR) is 79.3 cm³/mol. The van der Waals surface area contributed by atoms with Crippen LogP contribution in [0.4, 0.5) is 5.82 Å². The van der Waals surface area contributed by atoms with Crippen LogP contribution in [0, 0.1) is 5.92 Å². The first-order chi connectivity index (χ1) is 9.93. The van der Waals surface area contributed by atoms with E-state index in [0.717, 1.165) is 12.8 Å². The van der Waals surface area contributed by atoms with Crippen LogP contribution in [0.2, 0.25) is 0 Å². The second kappa shape index (κ2) is 8.24. The summed E-state index contributed by atoms with van der Waals surface area (Å²) in [6.45, 7) is 3.71. The highest BCUT2D eigenvalue weighted by molar-refractivity contribution is 5.89. The van der Waals surface area contributed by atoms with Crippen LogP contribution in [-0.2, 0) is 9.53 Å². The van der Waals surface area contributed by atoms with Gasteiger partial charge in [0.1, 0.15) is 5.82 Å². The Bertz CT molecular complexity index is 490. The molecule has 6 nitrogen and oxygen atoms in total. The molecule has 0 aliphatic carbocycles. The van der Waals surface area contributed by atoms with Crippen molar-refractivity contribution in [2.24, 2.45) is 5.92 Å². The molecule has 0 saturated heterocycles. The Kier molecular flexibility index (Phi) is 6.65. The Labute approximate surface area is 124 Å². The third-order valence-electron chi connectivity index (χ3n) is 3.27. The summed E-state index contributed by atoms with van der Waals surface area (Å²) in [5.41, 5.74) is 0.446. The number of hydrogen-bond acceptors (Lipinski definition) is 5. The summed E-state index contributed by atoms with van der Waals surface area (Å²) >= 11 is 0. The van der Waals surface area contributed by atoms with Gasteiger partial charge in [0.25, 0.3) is 0 Å². The summed E-state index contributed by atoms with van der Waals surface area (Å²) in [5, 5.41) is 12.0. The van der Waals surface area contributed by atoms with E-state index in [2.05, 4.69) is 15.0 Å². The fourth-order valence-corrected chi connectivity index (χ4v) is 1.93. The van der Waals surface area contributed by atoms with E-state index < -0.39 is 11.9 Å². The third kappa shape index (κ3) is 5.81. The van der Waals surface area contributed by atoms with Gasteiger partial charge in [-0.05, 0) is 31.9 Å². The number of aromatic nitrogens is 1. The minimum Gasteiger partial charge on any atom is -0.481 e. The van der Waals surface area contributed by atoms with E-state index in [1.165, 1.54) is 7.11 Å². The Morgan fingerprint density at radius 1 is 1.38 bits per heavy atom. The molecule has 0 spiro atoms. The highest BCUT2D eigenvalue weighted by Crippen LogP contribution is 2.14. The topological polar surface area (TPSA) is 88.5 Å². The number of pyridine rings is 1. The van der Waals surface area contributed by atoms with Gasteiger partial charge in [0.05, 0.1) is 18.6 Å². The fourth-order valence-electron chi connectivity index (χ4n) is 1.93. The number of aliphatic carboxylic acids is 1. The number of hydrogen-bond donors (Lipinski definition) is 2. The number of nitrogens with zero attached hydrogens (tertiary/aromatic N) is 1. The minimum atomic E-state index is -0.761. The van der Waals surface area contributed by atoms with Crippen molar-refractivity contribution in [1.29, 1.82) is 0 Å². The summed E-state index contributed by atoms with van der Waals surface area (Å²) in [6.07, 6.45) is 3.85. The van der Waals surface area contributed by atoms with Crippen molar-refractivity contribution in [2.45, 2.75) is 39.2 Å². The smallest absolute Gasteiger partial charge is 0.338 e. The molecule has 1 aromatic rings. The Balaban J connectivity index is 2.46. The number of methoxy groups -OCH3 is 1. The fraction of sp³-hybridized carbons (Fsp3) is 0.533. The lowest BCUT2D eigenvalue weighted by Gasteiger charge is -2.15. The average molecular weight is 294 g/mol. The van der Waals surface area contributed by atoms with Gasteiger partial charge in [-0.25, -0.2) is 9.78 Å². The first-order valence-electron chi connectivity index (χ1n) is 6.97.